The molecule has 2 N–H and O–H groups in total. The summed E-state index contributed by atoms with van der Waals surface area (Å²) in [6, 6.07) is 5.39. The molecule has 2 atom stereocenters. The molecule has 0 bridgehead atoms. The number of carboxylic acids is 1. The first kappa shape index (κ1) is 16.9. The van der Waals surface area contributed by atoms with Gasteiger partial charge in [0.2, 0.25) is 0 Å². The highest BCUT2D eigenvalue weighted by Gasteiger charge is 2.17. The number of carbonyl (C=O) groups is 2. The number of carbonyl (C=O) groups excluding carboxylic acids is 1. The first-order valence-corrected chi connectivity index (χ1v) is 6.84. The second-order valence-corrected chi connectivity index (χ2v) is 4.83. The molecule has 0 saturated heterocycles. The maximum Gasteiger partial charge on any atom is 0.303 e. The Labute approximate surface area is 123 Å². The molecule has 1 aromatic carbocycles. The van der Waals surface area contributed by atoms with Crippen LogP contribution in [0.25, 0.3) is 0 Å². The summed E-state index contributed by atoms with van der Waals surface area (Å²) >= 11 is 0. The normalized spacial score (nSPS) is 13.3. The lowest BCUT2D eigenvalue weighted by Crippen LogP contribution is -2.39. The van der Waals surface area contributed by atoms with Crippen molar-refractivity contribution < 1.29 is 23.8 Å². The molecule has 0 aliphatic rings. The molecule has 2 unspecified atom stereocenters. The number of carboxylic acid groups (broad SMARTS) is 1. The maximum atomic E-state index is 12.8. The summed E-state index contributed by atoms with van der Waals surface area (Å²) in [6.45, 7) is 3.74. The van der Waals surface area contributed by atoms with E-state index < -0.39 is 12.1 Å². The molecule has 0 fully saturated rings. The van der Waals surface area contributed by atoms with Crippen LogP contribution in [0, 0.1) is 11.7 Å². The molecule has 0 radical (unpaired) electrons. The van der Waals surface area contributed by atoms with E-state index in [1.165, 1.54) is 24.3 Å². The Kier molecular flexibility index (Phi) is 6.65. The van der Waals surface area contributed by atoms with Crippen LogP contribution in [0.15, 0.2) is 24.3 Å². The highest BCUT2D eigenvalue weighted by Crippen LogP contribution is 2.13. The van der Waals surface area contributed by atoms with Gasteiger partial charge in [-0.05, 0) is 37.1 Å². The lowest BCUT2D eigenvalue weighted by atomic mass is 10.0. The third kappa shape index (κ3) is 6.25. The third-order valence-electron chi connectivity index (χ3n) is 3.10. The predicted molar refractivity (Wildman–Crippen MR) is 75.5 cm³/mol. The van der Waals surface area contributed by atoms with Crippen LogP contribution in [0.1, 0.15) is 26.7 Å². The maximum absolute atomic E-state index is 12.8. The van der Waals surface area contributed by atoms with Crippen LogP contribution < -0.4 is 10.1 Å². The topological polar surface area (TPSA) is 75.6 Å². The van der Waals surface area contributed by atoms with Crippen LogP contribution >= 0.6 is 0 Å². The number of amides is 1. The second-order valence-electron chi connectivity index (χ2n) is 4.83. The number of rotatable bonds is 8. The summed E-state index contributed by atoms with van der Waals surface area (Å²) in [7, 11) is 0. The summed E-state index contributed by atoms with van der Waals surface area (Å²) in [6.07, 6.45) is -0.0539. The van der Waals surface area contributed by atoms with Crippen molar-refractivity contribution in [1.29, 1.82) is 0 Å². The van der Waals surface area contributed by atoms with E-state index in [9.17, 15) is 14.0 Å². The molecule has 21 heavy (non-hydrogen) atoms. The number of nitrogens with one attached hydrogen (secondary N) is 1. The fourth-order valence-electron chi connectivity index (χ4n) is 1.77. The number of hydrogen-bond acceptors (Lipinski definition) is 3. The SMILES string of the molecule is CCC(CNC(=O)C(C)Oc1ccc(F)cc1)CC(=O)O. The van der Waals surface area contributed by atoms with Crippen molar-refractivity contribution in [2.24, 2.45) is 5.92 Å². The summed E-state index contributed by atoms with van der Waals surface area (Å²) < 4.78 is 18.1. The largest absolute Gasteiger partial charge is 0.481 e. The van der Waals surface area contributed by atoms with E-state index in [4.69, 9.17) is 9.84 Å². The molecule has 0 aliphatic carbocycles. The van der Waals surface area contributed by atoms with Crippen LogP contribution in [0.5, 0.6) is 5.75 Å². The van der Waals surface area contributed by atoms with Gasteiger partial charge in [-0.15, -0.1) is 0 Å². The first-order valence-electron chi connectivity index (χ1n) is 6.84. The van der Waals surface area contributed by atoms with Gasteiger partial charge in [0.1, 0.15) is 11.6 Å². The Morgan fingerprint density at radius 1 is 1.33 bits per heavy atom. The Morgan fingerprint density at radius 2 is 1.95 bits per heavy atom. The van der Waals surface area contributed by atoms with Crippen molar-refractivity contribution >= 4 is 11.9 Å². The lowest BCUT2D eigenvalue weighted by Gasteiger charge is -2.17. The zero-order valence-electron chi connectivity index (χ0n) is 12.1. The van der Waals surface area contributed by atoms with Crippen molar-refractivity contribution in [2.75, 3.05) is 6.54 Å². The molecule has 1 amide bonds. The summed E-state index contributed by atoms with van der Waals surface area (Å²) in [5, 5.41) is 11.4. The lowest BCUT2D eigenvalue weighted by molar-refractivity contribution is -0.138. The van der Waals surface area contributed by atoms with E-state index in [-0.39, 0.29) is 24.1 Å². The minimum Gasteiger partial charge on any atom is -0.481 e. The van der Waals surface area contributed by atoms with E-state index in [0.29, 0.717) is 18.7 Å². The predicted octanol–water partition coefficient (Wildman–Crippen LogP) is 2.21. The quantitative estimate of drug-likeness (QED) is 0.771. The van der Waals surface area contributed by atoms with Crippen molar-refractivity contribution in [3.63, 3.8) is 0 Å². The van der Waals surface area contributed by atoms with Gasteiger partial charge in [-0.25, -0.2) is 4.39 Å². The zero-order chi connectivity index (χ0) is 15.8. The Morgan fingerprint density at radius 3 is 2.48 bits per heavy atom. The van der Waals surface area contributed by atoms with Gasteiger partial charge in [0.25, 0.3) is 5.91 Å². The van der Waals surface area contributed by atoms with Gasteiger partial charge in [-0.3, -0.25) is 9.59 Å². The van der Waals surface area contributed by atoms with Crippen LogP contribution in [-0.4, -0.2) is 29.6 Å². The van der Waals surface area contributed by atoms with Crippen molar-refractivity contribution in [3.05, 3.63) is 30.1 Å². The molecule has 0 heterocycles. The van der Waals surface area contributed by atoms with Crippen LogP contribution in [0.4, 0.5) is 4.39 Å². The zero-order valence-corrected chi connectivity index (χ0v) is 12.1. The van der Waals surface area contributed by atoms with Gasteiger partial charge in [-0.2, -0.15) is 0 Å². The fraction of sp³-hybridized carbons (Fsp3) is 0.467. The van der Waals surface area contributed by atoms with Crippen molar-refractivity contribution in [3.8, 4) is 5.75 Å². The van der Waals surface area contributed by atoms with Gasteiger partial charge < -0.3 is 15.2 Å². The van der Waals surface area contributed by atoms with Gasteiger partial charge >= 0.3 is 5.97 Å². The molecule has 1 aromatic rings. The van der Waals surface area contributed by atoms with Gasteiger partial charge in [0.15, 0.2) is 6.10 Å². The number of ether oxygens (including phenoxy) is 1. The molecule has 0 aromatic heterocycles. The standard InChI is InChI=1S/C15H20FNO4/c1-3-11(8-14(18)19)9-17-15(20)10(2)21-13-6-4-12(16)5-7-13/h4-7,10-11H,3,8-9H2,1-2H3,(H,17,20)(H,18,19). The highest BCUT2D eigenvalue weighted by atomic mass is 19.1. The monoisotopic (exact) mass is 297 g/mol. The smallest absolute Gasteiger partial charge is 0.303 e. The first-order chi connectivity index (χ1) is 9.92. The molecular weight excluding hydrogens is 277 g/mol. The molecule has 0 saturated carbocycles. The highest BCUT2D eigenvalue weighted by molar-refractivity contribution is 5.80. The summed E-state index contributed by atoms with van der Waals surface area (Å²) in [5.74, 6) is -1.30. The minimum absolute atomic E-state index is 0.0178. The van der Waals surface area contributed by atoms with Gasteiger partial charge in [0, 0.05) is 13.0 Å². The number of halogens is 1. The van der Waals surface area contributed by atoms with Crippen LogP contribution in [0.3, 0.4) is 0 Å². The van der Waals surface area contributed by atoms with E-state index in [0.717, 1.165) is 0 Å². The Bertz CT molecular complexity index is 475. The van der Waals surface area contributed by atoms with Crippen molar-refractivity contribution in [1.82, 2.24) is 5.32 Å². The summed E-state index contributed by atoms with van der Waals surface area (Å²) in [5.41, 5.74) is 0. The molecule has 1 rings (SSSR count). The summed E-state index contributed by atoms with van der Waals surface area (Å²) in [4.78, 5) is 22.5. The molecular formula is C15H20FNO4. The molecule has 116 valence electrons. The average Bonchev–Trinajstić information content (AvgIpc) is 2.45. The number of benzene rings is 1. The Balaban J connectivity index is 2.43. The van der Waals surface area contributed by atoms with Crippen molar-refractivity contribution in [2.45, 2.75) is 32.8 Å². The van der Waals surface area contributed by atoms with Gasteiger partial charge in [-0.1, -0.05) is 13.3 Å². The van der Waals surface area contributed by atoms with Gasteiger partial charge in [0.05, 0.1) is 0 Å². The molecule has 6 heteroatoms. The number of hydrogen-bond donors (Lipinski definition) is 2. The van der Waals surface area contributed by atoms with E-state index >= 15 is 0 Å². The molecule has 0 spiro atoms. The average molecular weight is 297 g/mol. The number of aliphatic carboxylic acids is 1. The third-order valence-corrected chi connectivity index (χ3v) is 3.10. The van der Waals surface area contributed by atoms with E-state index in [1.54, 1.807) is 6.92 Å². The second kappa shape index (κ2) is 8.24. The van der Waals surface area contributed by atoms with Crippen LogP contribution in [-0.2, 0) is 9.59 Å². The van der Waals surface area contributed by atoms with E-state index in [1.807, 2.05) is 6.92 Å². The fourth-order valence-corrected chi connectivity index (χ4v) is 1.77. The van der Waals surface area contributed by atoms with E-state index in [2.05, 4.69) is 5.32 Å². The van der Waals surface area contributed by atoms with Crippen LogP contribution in [0.2, 0.25) is 0 Å². The minimum atomic E-state index is -0.883. The Hall–Kier alpha value is -2.11. The molecule has 0 aliphatic heterocycles. The molecule has 5 nitrogen and oxygen atoms in total.